The van der Waals surface area contributed by atoms with Crippen molar-refractivity contribution in [1.82, 2.24) is 4.90 Å². The van der Waals surface area contributed by atoms with Gasteiger partial charge in [0, 0.05) is 57.0 Å². The fraction of sp³-hybridized carbons (Fsp3) is 0.700. The van der Waals surface area contributed by atoms with E-state index in [1.807, 2.05) is 12.1 Å². The van der Waals surface area contributed by atoms with Crippen LogP contribution in [0.4, 0.5) is 0 Å². The van der Waals surface area contributed by atoms with Crippen molar-refractivity contribution in [2.24, 2.45) is 11.8 Å². The van der Waals surface area contributed by atoms with E-state index in [-0.39, 0.29) is 5.60 Å². The lowest BCUT2D eigenvalue weighted by Gasteiger charge is -2.50. The lowest BCUT2D eigenvalue weighted by Crippen LogP contribution is -2.64. The van der Waals surface area contributed by atoms with Gasteiger partial charge in [0.15, 0.2) is 0 Å². The summed E-state index contributed by atoms with van der Waals surface area (Å²) in [6.07, 6.45) is 3.40. The summed E-state index contributed by atoms with van der Waals surface area (Å²) in [4.78, 5) is 2.45. The van der Waals surface area contributed by atoms with Gasteiger partial charge in [-0.1, -0.05) is 23.7 Å². The Bertz CT molecular complexity index is 570. The van der Waals surface area contributed by atoms with Gasteiger partial charge in [0.1, 0.15) is 0 Å². The van der Waals surface area contributed by atoms with E-state index < -0.39 is 0 Å². The summed E-state index contributed by atoms with van der Waals surface area (Å²) in [6.45, 7) is 7.32. The first-order valence-electron chi connectivity index (χ1n) is 9.50. The highest BCUT2D eigenvalue weighted by molar-refractivity contribution is 6.30. The maximum absolute atomic E-state index is 6.16. The predicted molar refractivity (Wildman–Crippen MR) is 97.9 cm³/mol. The van der Waals surface area contributed by atoms with Crippen molar-refractivity contribution in [2.45, 2.75) is 31.4 Å². The van der Waals surface area contributed by atoms with Gasteiger partial charge in [-0.05, 0) is 42.9 Å². The lowest BCUT2D eigenvalue weighted by atomic mass is 9.81. The summed E-state index contributed by atoms with van der Waals surface area (Å²) in [7, 11) is 0. The monoisotopic (exact) mass is 365 g/mol. The first kappa shape index (κ1) is 17.7. The SMILES string of the molecule is Clc1cccc(CN2CC3(C2)OCC[C@@H]3COCC2CCOCC2)c1. The maximum atomic E-state index is 6.16. The number of nitrogens with zero attached hydrogens (tertiary/aromatic N) is 1. The third-order valence-electron chi connectivity index (χ3n) is 5.89. The summed E-state index contributed by atoms with van der Waals surface area (Å²) >= 11 is 6.09. The highest BCUT2D eigenvalue weighted by Gasteiger charge is 2.52. The van der Waals surface area contributed by atoms with Crippen molar-refractivity contribution in [1.29, 1.82) is 0 Å². The molecule has 3 saturated heterocycles. The predicted octanol–water partition coefficient (Wildman–Crippen LogP) is 3.37. The topological polar surface area (TPSA) is 30.9 Å². The van der Waals surface area contributed by atoms with Crippen LogP contribution in [0.2, 0.25) is 5.02 Å². The molecule has 138 valence electrons. The summed E-state index contributed by atoms with van der Waals surface area (Å²) in [5.74, 6) is 1.20. The van der Waals surface area contributed by atoms with Gasteiger partial charge in [-0.25, -0.2) is 0 Å². The minimum atomic E-state index is 0.0221. The second-order valence-electron chi connectivity index (χ2n) is 7.77. The molecule has 0 aliphatic carbocycles. The van der Waals surface area contributed by atoms with E-state index in [0.717, 1.165) is 77.0 Å². The van der Waals surface area contributed by atoms with E-state index in [2.05, 4.69) is 17.0 Å². The molecule has 1 aromatic rings. The summed E-state index contributed by atoms with van der Waals surface area (Å²) < 4.78 is 17.7. The lowest BCUT2D eigenvalue weighted by molar-refractivity contribution is -0.147. The van der Waals surface area contributed by atoms with Gasteiger partial charge in [0.25, 0.3) is 0 Å². The zero-order valence-electron chi connectivity index (χ0n) is 14.8. The van der Waals surface area contributed by atoms with E-state index in [1.165, 1.54) is 5.56 Å². The molecule has 0 saturated carbocycles. The molecular weight excluding hydrogens is 338 g/mol. The van der Waals surface area contributed by atoms with Gasteiger partial charge in [-0.3, -0.25) is 4.90 Å². The van der Waals surface area contributed by atoms with Crippen LogP contribution >= 0.6 is 11.6 Å². The van der Waals surface area contributed by atoms with E-state index >= 15 is 0 Å². The molecule has 25 heavy (non-hydrogen) atoms. The molecule has 3 heterocycles. The Morgan fingerprint density at radius 3 is 2.76 bits per heavy atom. The first-order valence-corrected chi connectivity index (χ1v) is 9.88. The minimum absolute atomic E-state index is 0.0221. The Hall–Kier alpha value is -0.650. The van der Waals surface area contributed by atoms with E-state index in [1.54, 1.807) is 0 Å². The van der Waals surface area contributed by atoms with Gasteiger partial charge in [0.05, 0.1) is 12.2 Å². The molecule has 0 amide bonds. The molecule has 4 rings (SSSR count). The molecule has 1 aromatic carbocycles. The summed E-state index contributed by atoms with van der Waals surface area (Å²) in [6, 6.07) is 8.14. The number of rotatable bonds is 6. The van der Waals surface area contributed by atoms with Gasteiger partial charge in [-0.15, -0.1) is 0 Å². The van der Waals surface area contributed by atoms with Gasteiger partial charge >= 0.3 is 0 Å². The molecular formula is C20H28ClNO3. The highest BCUT2D eigenvalue weighted by atomic mass is 35.5. The summed E-state index contributed by atoms with van der Waals surface area (Å²) in [5.41, 5.74) is 1.29. The Labute approximate surface area is 155 Å². The first-order chi connectivity index (χ1) is 12.2. The van der Waals surface area contributed by atoms with Crippen molar-refractivity contribution >= 4 is 11.6 Å². The van der Waals surface area contributed by atoms with Crippen LogP contribution in [-0.4, -0.2) is 56.6 Å². The van der Waals surface area contributed by atoms with Crippen LogP contribution in [0, 0.1) is 11.8 Å². The van der Waals surface area contributed by atoms with E-state index in [9.17, 15) is 0 Å². The summed E-state index contributed by atoms with van der Waals surface area (Å²) in [5, 5.41) is 0.809. The Morgan fingerprint density at radius 2 is 1.96 bits per heavy atom. The number of hydrogen-bond acceptors (Lipinski definition) is 4. The van der Waals surface area contributed by atoms with Crippen LogP contribution in [0.1, 0.15) is 24.8 Å². The van der Waals surface area contributed by atoms with E-state index in [0.29, 0.717) is 11.8 Å². The van der Waals surface area contributed by atoms with E-state index in [4.69, 9.17) is 25.8 Å². The normalized spacial score (nSPS) is 26.8. The smallest absolute Gasteiger partial charge is 0.0985 e. The maximum Gasteiger partial charge on any atom is 0.0985 e. The number of likely N-dealkylation sites (tertiary alicyclic amines) is 1. The molecule has 4 nitrogen and oxygen atoms in total. The molecule has 3 aliphatic rings. The standard InChI is InChI=1S/C20H28ClNO3/c21-19-3-1-2-17(10-19)11-22-14-20(15-22)18(6-9-25-20)13-24-12-16-4-7-23-8-5-16/h1-3,10,16,18H,4-9,11-15H2/t18-/m1/s1. The molecule has 1 spiro atoms. The van der Waals surface area contributed by atoms with Gasteiger partial charge < -0.3 is 14.2 Å². The molecule has 0 N–H and O–H groups in total. The minimum Gasteiger partial charge on any atom is -0.381 e. The molecule has 0 bridgehead atoms. The fourth-order valence-electron chi connectivity index (χ4n) is 4.38. The largest absolute Gasteiger partial charge is 0.381 e. The Balaban J connectivity index is 1.23. The van der Waals surface area contributed by atoms with Crippen molar-refractivity contribution in [3.8, 4) is 0 Å². The highest BCUT2D eigenvalue weighted by Crippen LogP contribution is 2.40. The fourth-order valence-corrected chi connectivity index (χ4v) is 4.59. The molecule has 0 unspecified atom stereocenters. The average Bonchev–Trinajstić information content (AvgIpc) is 2.99. The zero-order chi connectivity index (χ0) is 17.1. The molecule has 1 atom stereocenters. The number of ether oxygens (including phenoxy) is 3. The number of hydrogen-bond donors (Lipinski definition) is 0. The molecule has 0 aromatic heterocycles. The third kappa shape index (κ3) is 4.20. The average molecular weight is 366 g/mol. The zero-order valence-corrected chi connectivity index (χ0v) is 15.5. The van der Waals surface area contributed by atoms with Crippen LogP contribution in [0.25, 0.3) is 0 Å². The Kier molecular flexibility index (Phi) is 5.63. The van der Waals surface area contributed by atoms with Gasteiger partial charge in [-0.2, -0.15) is 0 Å². The van der Waals surface area contributed by atoms with Crippen molar-refractivity contribution in [2.75, 3.05) is 46.1 Å². The van der Waals surface area contributed by atoms with Crippen LogP contribution in [0.5, 0.6) is 0 Å². The molecule has 5 heteroatoms. The van der Waals surface area contributed by atoms with Crippen LogP contribution in [0.15, 0.2) is 24.3 Å². The van der Waals surface area contributed by atoms with Crippen LogP contribution in [-0.2, 0) is 20.8 Å². The molecule has 3 fully saturated rings. The number of halogens is 1. The van der Waals surface area contributed by atoms with Crippen molar-refractivity contribution < 1.29 is 14.2 Å². The van der Waals surface area contributed by atoms with Crippen LogP contribution < -0.4 is 0 Å². The Morgan fingerprint density at radius 1 is 1.12 bits per heavy atom. The second-order valence-corrected chi connectivity index (χ2v) is 8.20. The van der Waals surface area contributed by atoms with Crippen molar-refractivity contribution in [3.05, 3.63) is 34.9 Å². The van der Waals surface area contributed by atoms with Crippen molar-refractivity contribution in [3.63, 3.8) is 0 Å². The van der Waals surface area contributed by atoms with Crippen LogP contribution in [0.3, 0.4) is 0 Å². The quantitative estimate of drug-likeness (QED) is 0.773. The molecule has 3 aliphatic heterocycles. The number of benzene rings is 1. The third-order valence-corrected chi connectivity index (χ3v) is 6.13. The van der Waals surface area contributed by atoms with Gasteiger partial charge in [0.2, 0.25) is 0 Å². The second kappa shape index (κ2) is 7.93. The molecule has 0 radical (unpaired) electrons.